The van der Waals surface area contributed by atoms with Crippen molar-refractivity contribution in [1.29, 1.82) is 0 Å². The molecule has 0 radical (unpaired) electrons. The molecule has 2 rings (SSSR count). The molecule has 2 aromatic rings. The number of benzene rings is 2. The Balaban J connectivity index is 3.79. The van der Waals surface area contributed by atoms with E-state index in [1.54, 1.807) is 0 Å². The fraction of sp³-hybridized carbons (Fsp3) is 0.250. The molecule has 0 bridgehead atoms. The maximum absolute atomic E-state index is 12.6. The van der Waals surface area contributed by atoms with Gasteiger partial charge in [-0.3, -0.25) is 18.2 Å². The first-order chi connectivity index (χ1) is 17.1. The molecule has 16 nitrogen and oxygen atoms in total. The Hall–Kier alpha value is -1.26. The Bertz CT molecular complexity index is 1630. The highest BCUT2D eigenvalue weighted by Crippen LogP contribution is 2.56. The van der Waals surface area contributed by atoms with Gasteiger partial charge in [0.25, 0.3) is 40.5 Å². The van der Waals surface area contributed by atoms with E-state index in [1.165, 1.54) is 45.2 Å². The largest absolute Gasteiger partial charge is 0.495 e. The van der Waals surface area contributed by atoms with Gasteiger partial charge in [0.05, 0.1) is 46.7 Å². The standard InChI is InChI=1S/C16H16I2O16S4/c1-31-9-5(13(35(19,20)21)11(33-3)7(17)15(9)37(25,26)27)6-10(32-2)16(38(28,29)30)8(18)12(34-4)14(6)36(22,23)24/h1-4H3,(H,19,20,21)(H,22,23,24)(H,25,26,27)(H,28,29,30). The molecule has 0 unspecified atom stereocenters. The minimum atomic E-state index is -5.58. The van der Waals surface area contributed by atoms with Crippen LogP contribution < -0.4 is 18.9 Å². The van der Waals surface area contributed by atoms with Crippen LogP contribution in [0.25, 0.3) is 11.1 Å². The molecule has 0 aromatic heterocycles. The third-order valence-corrected chi connectivity index (χ3v) is 11.0. The average Bonchev–Trinajstić information content (AvgIpc) is 2.73. The van der Waals surface area contributed by atoms with E-state index in [1.807, 2.05) is 0 Å². The Morgan fingerprint density at radius 2 is 0.658 bits per heavy atom. The van der Waals surface area contributed by atoms with E-state index in [9.17, 15) is 51.9 Å². The van der Waals surface area contributed by atoms with Gasteiger partial charge in [-0.15, -0.1) is 0 Å². The molecule has 38 heavy (non-hydrogen) atoms. The maximum Gasteiger partial charge on any atom is 0.299 e. The summed E-state index contributed by atoms with van der Waals surface area (Å²) >= 11 is 2.44. The summed E-state index contributed by atoms with van der Waals surface area (Å²) in [6.07, 6.45) is 0. The van der Waals surface area contributed by atoms with Crippen molar-refractivity contribution in [2.45, 2.75) is 19.6 Å². The fourth-order valence-corrected chi connectivity index (χ4v) is 10.2. The molecule has 0 aliphatic heterocycles. The summed E-state index contributed by atoms with van der Waals surface area (Å²) in [4.78, 5) is -5.23. The molecule has 214 valence electrons. The molecular formula is C16H16I2O16S4. The lowest BCUT2D eigenvalue weighted by atomic mass is 10.0. The molecular weight excluding hydrogens is 830 g/mol. The lowest BCUT2D eigenvalue weighted by Crippen LogP contribution is -2.17. The van der Waals surface area contributed by atoms with Crippen molar-refractivity contribution < 1.29 is 70.8 Å². The SMILES string of the molecule is COc1c(-c2c(OC)c(S(=O)(=O)O)c(I)c(OC)c2S(=O)(=O)O)c(S(=O)(=O)O)c(OC)c(I)c1S(=O)(=O)O. The van der Waals surface area contributed by atoms with Crippen LogP contribution in [0.2, 0.25) is 0 Å². The van der Waals surface area contributed by atoms with Crippen molar-refractivity contribution in [2.24, 2.45) is 0 Å². The van der Waals surface area contributed by atoms with Crippen LogP contribution in [0.15, 0.2) is 19.6 Å². The summed E-state index contributed by atoms with van der Waals surface area (Å²) in [5.74, 6) is -4.30. The molecule has 2 aromatic carbocycles. The van der Waals surface area contributed by atoms with Gasteiger partial charge in [-0.05, 0) is 45.2 Å². The topological polar surface area (TPSA) is 254 Å². The molecule has 4 N–H and O–H groups in total. The highest BCUT2D eigenvalue weighted by atomic mass is 127. The van der Waals surface area contributed by atoms with Gasteiger partial charge in [0.2, 0.25) is 0 Å². The summed E-state index contributed by atoms with van der Waals surface area (Å²) in [5, 5.41) is 0. The van der Waals surface area contributed by atoms with Crippen LogP contribution in [0.3, 0.4) is 0 Å². The number of ether oxygens (including phenoxy) is 4. The van der Waals surface area contributed by atoms with Gasteiger partial charge in [0, 0.05) is 0 Å². The molecule has 0 aliphatic rings. The van der Waals surface area contributed by atoms with Crippen LogP contribution in [-0.4, -0.2) is 80.3 Å². The highest BCUT2D eigenvalue weighted by Gasteiger charge is 2.43. The second-order valence-electron chi connectivity index (χ2n) is 6.73. The smallest absolute Gasteiger partial charge is 0.299 e. The Kier molecular flexibility index (Phi) is 9.50. The predicted octanol–water partition coefficient (Wildman–Crippen LogP) is 1.58. The minimum absolute atomic E-state index is 0.680. The van der Waals surface area contributed by atoms with E-state index < -0.39 is 101 Å². The molecule has 0 saturated carbocycles. The molecule has 0 fully saturated rings. The Morgan fingerprint density at radius 1 is 0.447 bits per heavy atom. The third kappa shape index (κ3) is 5.78. The fourth-order valence-electron chi connectivity index (χ4n) is 3.43. The maximum atomic E-state index is 12.6. The van der Waals surface area contributed by atoms with Crippen molar-refractivity contribution in [1.82, 2.24) is 0 Å². The van der Waals surface area contributed by atoms with Crippen molar-refractivity contribution in [2.75, 3.05) is 28.4 Å². The van der Waals surface area contributed by atoms with Gasteiger partial charge < -0.3 is 18.9 Å². The number of rotatable bonds is 9. The normalized spacial score (nSPS) is 12.8. The summed E-state index contributed by atoms with van der Waals surface area (Å²) in [7, 11) is -18.8. The number of halogens is 2. The van der Waals surface area contributed by atoms with Crippen LogP contribution in [0.4, 0.5) is 0 Å². The van der Waals surface area contributed by atoms with E-state index in [0.29, 0.717) is 0 Å². The molecule has 0 heterocycles. The zero-order valence-corrected chi connectivity index (χ0v) is 26.7. The summed E-state index contributed by atoms with van der Waals surface area (Å²) in [6.45, 7) is 0. The predicted molar refractivity (Wildman–Crippen MR) is 143 cm³/mol. The molecule has 0 aliphatic carbocycles. The van der Waals surface area contributed by atoms with Crippen molar-refractivity contribution in [3.63, 3.8) is 0 Å². The van der Waals surface area contributed by atoms with E-state index in [0.717, 1.165) is 28.4 Å². The zero-order valence-electron chi connectivity index (χ0n) is 19.1. The molecule has 0 saturated heterocycles. The third-order valence-electron chi connectivity index (χ3n) is 4.63. The molecule has 0 amide bonds. The van der Waals surface area contributed by atoms with Gasteiger partial charge >= 0.3 is 0 Å². The lowest BCUT2D eigenvalue weighted by molar-refractivity contribution is 0.367. The summed E-state index contributed by atoms with van der Waals surface area (Å²) in [6, 6.07) is 0. The number of hydrogen-bond acceptors (Lipinski definition) is 12. The van der Waals surface area contributed by atoms with E-state index in [2.05, 4.69) is 0 Å². The first-order valence-electron chi connectivity index (χ1n) is 8.96. The van der Waals surface area contributed by atoms with Crippen LogP contribution in [0, 0.1) is 7.14 Å². The van der Waals surface area contributed by atoms with Gasteiger partial charge in [-0.25, -0.2) is 0 Å². The Morgan fingerprint density at radius 3 is 0.816 bits per heavy atom. The molecule has 0 spiro atoms. The highest BCUT2D eigenvalue weighted by molar-refractivity contribution is 14.1. The van der Waals surface area contributed by atoms with E-state index in [-0.39, 0.29) is 0 Å². The summed E-state index contributed by atoms with van der Waals surface area (Å²) in [5.41, 5.74) is -2.55. The first-order valence-corrected chi connectivity index (χ1v) is 16.9. The van der Waals surface area contributed by atoms with Crippen molar-refractivity contribution in [3.05, 3.63) is 7.14 Å². The zero-order chi connectivity index (χ0) is 29.8. The minimum Gasteiger partial charge on any atom is -0.495 e. The number of hydrogen-bond donors (Lipinski definition) is 4. The first kappa shape index (κ1) is 32.9. The molecule has 0 atom stereocenters. The van der Waals surface area contributed by atoms with E-state index >= 15 is 0 Å². The Labute approximate surface area is 243 Å². The van der Waals surface area contributed by atoms with Crippen LogP contribution in [-0.2, 0) is 40.5 Å². The number of methoxy groups -OCH3 is 4. The second kappa shape index (κ2) is 11.0. The lowest BCUT2D eigenvalue weighted by Gasteiger charge is -2.25. The van der Waals surface area contributed by atoms with Crippen molar-refractivity contribution in [3.8, 4) is 34.1 Å². The molecule has 22 heteroatoms. The van der Waals surface area contributed by atoms with Crippen LogP contribution in [0.5, 0.6) is 23.0 Å². The average molecular weight is 846 g/mol. The summed E-state index contributed by atoms with van der Waals surface area (Å²) < 4.78 is 158. The quantitative estimate of drug-likeness (QED) is 0.207. The second-order valence-corrected chi connectivity index (χ2v) is 14.3. The van der Waals surface area contributed by atoms with Crippen molar-refractivity contribution >= 4 is 85.7 Å². The van der Waals surface area contributed by atoms with Gasteiger partial charge in [0.1, 0.15) is 9.79 Å². The van der Waals surface area contributed by atoms with Crippen LogP contribution in [0.1, 0.15) is 0 Å². The van der Waals surface area contributed by atoms with Crippen LogP contribution >= 0.6 is 45.2 Å². The van der Waals surface area contributed by atoms with Gasteiger partial charge in [-0.2, -0.15) is 33.7 Å². The van der Waals surface area contributed by atoms with Gasteiger partial charge in [-0.1, -0.05) is 0 Å². The van der Waals surface area contributed by atoms with Gasteiger partial charge in [0.15, 0.2) is 32.8 Å². The van der Waals surface area contributed by atoms with E-state index in [4.69, 9.17) is 18.9 Å². The monoisotopic (exact) mass is 846 g/mol.